The highest BCUT2D eigenvalue weighted by molar-refractivity contribution is 5.89. The second-order valence-corrected chi connectivity index (χ2v) is 4.88. The predicted octanol–water partition coefficient (Wildman–Crippen LogP) is 3.16. The van der Waals surface area contributed by atoms with E-state index in [4.69, 9.17) is 0 Å². The SMILES string of the molecule is CC#CCCCCCC(O)C#Cc1ccc(C(=O)OC)cc1. The molecule has 0 aliphatic carbocycles. The molecule has 0 radical (unpaired) electrons. The molecule has 1 atom stereocenters. The van der Waals surface area contributed by atoms with Gasteiger partial charge in [-0.05, 0) is 50.5 Å². The Kier molecular flexibility index (Phi) is 8.50. The van der Waals surface area contributed by atoms with Gasteiger partial charge < -0.3 is 9.84 Å². The molecule has 22 heavy (non-hydrogen) atoms. The third kappa shape index (κ3) is 6.97. The van der Waals surface area contributed by atoms with Gasteiger partial charge in [-0.3, -0.25) is 0 Å². The highest BCUT2D eigenvalue weighted by Crippen LogP contribution is 2.07. The van der Waals surface area contributed by atoms with Crippen LogP contribution in [0.4, 0.5) is 0 Å². The third-order valence-electron chi connectivity index (χ3n) is 3.15. The predicted molar refractivity (Wildman–Crippen MR) is 87.2 cm³/mol. The molecule has 0 aliphatic rings. The normalized spacial score (nSPS) is 10.7. The largest absolute Gasteiger partial charge is 0.465 e. The maximum atomic E-state index is 11.3. The Morgan fingerprint density at radius 1 is 1.23 bits per heavy atom. The van der Waals surface area contributed by atoms with Crippen molar-refractivity contribution < 1.29 is 14.6 Å². The van der Waals surface area contributed by atoms with Crippen molar-refractivity contribution in [3.63, 3.8) is 0 Å². The molecule has 116 valence electrons. The first-order valence-electron chi connectivity index (χ1n) is 7.45. The summed E-state index contributed by atoms with van der Waals surface area (Å²) in [5.41, 5.74) is 1.26. The van der Waals surface area contributed by atoms with Crippen LogP contribution in [0.2, 0.25) is 0 Å². The molecular weight excluding hydrogens is 276 g/mol. The Morgan fingerprint density at radius 2 is 1.95 bits per heavy atom. The van der Waals surface area contributed by atoms with Crippen molar-refractivity contribution in [2.75, 3.05) is 7.11 Å². The number of rotatable bonds is 6. The van der Waals surface area contributed by atoms with Crippen LogP contribution in [0.1, 0.15) is 54.9 Å². The first-order chi connectivity index (χ1) is 10.7. The van der Waals surface area contributed by atoms with Crippen molar-refractivity contribution in [3.05, 3.63) is 35.4 Å². The molecule has 3 heteroatoms. The minimum atomic E-state index is -0.613. The zero-order valence-corrected chi connectivity index (χ0v) is 13.2. The molecule has 1 unspecified atom stereocenters. The molecular formula is C19H22O3. The average Bonchev–Trinajstić information content (AvgIpc) is 2.56. The van der Waals surface area contributed by atoms with Crippen LogP contribution in [0.3, 0.4) is 0 Å². The van der Waals surface area contributed by atoms with E-state index in [2.05, 4.69) is 28.4 Å². The number of ether oxygens (including phenoxy) is 1. The molecule has 0 bridgehead atoms. The van der Waals surface area contributed by atoms with E-state index in [1.807, 2.05) is 6.92 Å². The summed E-state index contributed by atoms with van der Waals surface area (Å²) in [5, 5.41) is 9.82. The first-order valence-corrected chi connectivity index (χ1v) is 7.45. The summed E-state index contributed by atoms with van der Waals surface area (Å²) in [5.74, 6) is 11.3. The van der Waals surface area contributed by atoms with Gasteiger partial charge >= 0.3 is 5.97 Å². The maximum absolute atomic E-state index is 11.3. The fourth-order valence-electron chi connectivity index (χ4n) is 1.90. The molecule has 0 amide bonds. The van der Waals surface area contributed by atoms with Crippen LogP contribution in [0, 0.1) is 23.7 Å². The summed E-state index contributed by atoms with van der Waals surface area (Å²) in [6, 6.07) is 6.82. The summed E-state index contributed by atoms with van der Waals surface area (Å²) >= 11 is 0. The average molecular weight is 298 g/mol. The van der Waals surface area contributed by atoms with Gasteiger partial charge in [0.2, 0.25) is 0 Å². The van der Waals surface area contributed by atoms with Crippen LogP contribution < -0.4 is 0 Å². The van der Waals surface area contributed by atoms with E-state index in [1.165, 1.54) is 7.11 Å². The minimum Gasteiger partial charge on any atom is -0.465 e. The van der Waals surface area contributed by atoms with Gasteiger partial charge in [-0.25, -0.2) is 4.79 Å². The highest BCUT2D eigenvalue weighted by atomic mass is 16.5. The molecule has 0 spiro atoms. The first kappa shape index (κ1) is 17.8. The van der Waals surface area contributed by atoms with Crippen LogP contribution in [-0.2, 0) is 4.74 Å². The smallest absolute Gasteiger partial charge is 0.337 e. The van der Waals surface area contributed by atoms with Crippen LogP contribution in [0.25, 0.3) is 0 Å². The van der Waals surface area contributed by atoms with Gasteiger partial charge in [0.15, 0.2) is 0 Å². The number of hydrogen-bond acceptors (Lipinski definition) is 3. The lowest BCUT2D eigenvalue weighted by Gasteiger charge is -2.02. The highest BCUT2D eigenvalue weighted by Gasteiger charge is 2.03. The van der Waals surface area contributed by atoms with Gasteiger partial charge in [0.1, 0.15) is 6.10 Å². The number of aliphatic hydroxyl groups is 1. The van der Waals surface area contributed by atoms with Crippen molar-refractivity contribution in [1.29, 1.82) is 0 Å². The molecule has 0 aliphatic heterocycles. The van der Waals surface area contributed by atoms with Crippen LogP contribution in [0.15, 0.2) is 24.3 Å². The Hall–Kier alpha value is -2.23. The van der Waals surface area contributed by atoms with Gasteiger partial charge in [-0.1, -0.05) is 18.3 Å². The van der Waals surface area contributed by atoms with Crippen molar-refractivity contribution in [2.24, 2.45) is 0 Å². The monoisotopic (exact) mass is 298 g/mol. The number of carbonyl (C=O) groups excluding carboxylic acids is 1. The molecule has 1 aromatic rings. The van der Waals surface area contributed by atoms with Gasteiger partial charge in [0.05, 0.1) is 12.7 Å². The van der Waals surface area contributed by atoms with Crippen LogP contribution in [-0.4, -0.2) is 24.3 Å². The molecule has 0 heterocycles. The fraction of sp³-hybridized carbons (Fsp3) is 0.421. The van der Waals surface area contributed by atoms with Gasteiger partial charge in [-0.2, -0.15) is 0 Å². The number of esters is 1. The second kappa shape index (κ2) is 10.5. The standard InChI is InChI=1S/C19H22O3/c1-3-4-5-6-7-8-9-18(20)15-12-16-10-13-17(14-11-16)19(21)22-2/h10-11,13-14,18,20H,5-9H2,1-2H3. The topological polar surface area (TPSA) is 46.5 Å². The van der Waals surface area contributed by atoms with E-state index in [9.17, 15) is 9.90 Å². The number of hydrogen-bond donors (Lipinski definition) is 1. The Labute approximate surface area is 132 Å². The van der Waals surface area contributed by atoms with E-state index in [0.29, 0.717) is 12.0 Å². The Morgan fingerprint density at radius 3 is 2.59 bits per heavy atom. The van der Waals surface area contributed by atoms with Crippen molar-refractivity contribution in [3.8, 4) is 23.7 Å². The van der Waals surface area contributed by atoms with Gasteiger partial charge in [0.25, 0.3) is 0 Å². The quantitative estimate of drug-likeness (QED) is 0.498. The van der Waals surface area contributed by atoms with E-state index >= 15 is 0 Å². The van der Waals surface area contributed by atoms with Gasteiger partial charge in [0, 0.05) is 12.0 Å². The third-order valence-corrected chi connectivity index (χ3v) is 3.15. The van der Waals surface area contributed by atoms with Crippen molar-refractivity contribution >= 4 is 5.97 Å². The molecule has 0 aromatic heterocycles. The van der Waals surface area contributed by atoms with Crippen molar-refractivity contribution in [1.82, 2.24) is 0 Å². The Balaban J connectivity index is 2.38. The molecule has 1 rings (SSSR count). The zero-order valence-electron chi connectivity index (χ0n) is 13.2. The summed E-state index contributed by atoms with van der Waals surface area (Å²) in [6.07, 6.45) is 4.05. The fourth-order valence-corrected chi connectivity index (χ4v) is 1.90. The molecule has 1 N–H and O–H groups in total. The van der Waals surface area contributed by atoms with E-state index in [1.54, 1.807) is 24.3 Å². The second-order valence-electron chi connectivity index (χ2n) is 4.88. The number of aliphatic hydroxyl groups excluding tert-OH is 1. The Bertz CT molecular complexity index is 579. The number of methoxy groups -OCH3 is 1. The summed E-state index contributed by atoms with van der Waals surface area (Å²) in [7, 11) is 1.35. The lowest BCUT2D eigenvalue weighted by atomic mass is 10.1. The minimum absolute atomic E-state index is 0.368. The van der Waals surface area contributed by atoms with Crippen LogP contribution >= 0.6 is 0 Å². The zero-order chi connectivity index (χ0) is 16.2. The van der Waals surface area contributed by atoms with E-state index < -0.39 is 6.10 Å². The number of unbranched alkanes of at least 4 members (excludes halogenated alkanes) is 3. The summed E-state index contributed by atoms with van der Waals surface area (Å²) < 4.78 is 4.63. The van der Waals surface area contributed by atoms with E-state index in [-0.39, 0.29) is 5.97 Å². The number of carbonyl (C=O) groups is 1. The molecule has 1 aromatic carbocycles. The lowest BCUT2D eigenvalue weighted by molar-refractivity contribution is 0.0600. The summed E-state index contributed by atoms with van der Waals surface area (Å²) in [4.78, 5) is 11.3. The lowest BCUT2D eigenvalue weighted by Crippen LogP contribution is -2.02. The van der Waals surface area contributed by atoms with E-state index in [0.717, 1.165) is 31.2 Å². The van der Waals surface area contributed by atoms with Crippen LogP contribution in [0.5, 0.6) is 0 Å². The maximum Gasteiger partial charge on any atom is 0.337 e. The van der Waals surface area contributed by atoms with Gasteiger partial charge in [-0.15, -0.1) is 11.8 Å². The number of benzene rings is 1. The van der Waals surface area contributed by atoms with Crippen molar-refractivity contribution in [2.45, 2.75) is 45.1 Å². The molecule has 0 saturated carbocycles. The molecule has 0 saturated heterocycles. The summed E-state index contributed by atoms with van der Waals surface area (Å²) in [6.45, 7) is 1.84. The molecule has 0 fully saturated rings. The molecule has 3 nitrogen and oxygen atoms in total.